The van der Waals surface area contributed by atoms with Crippen LogP contribution < -0.4 is 9.47 Å². The summed E-state index contributed by atoms with van der Waals surface area (Å²) in [6.45, 7) is 4.39. The van der Waals surface area contributed by atoms with Crippen molar-refractivity contribution in [3.63, 3.8) is 0 Å². The van der Waals surface area contributed by atoms with E-state index in [0.717, 1.165) is 17.6 Å². The summed E-state index contributed by atoms with van der Waals surface area (Å²) in [5.41, 5.74) is 2.35. The molecule has 0 aromatic heterocycles. The van der Waals surface area contributed by atoms with Gasteiger partial charge in [-0.1, -0.05) is 13.8 Å². The van der Waals surface area contributed by atoms with Gasteiger partial charge in [-0.2, -0.15) is 0 Å². The lowest BCUT2D eigenvalue weighted by Gasteiger charge is -2.25. The molecule has 1 aliphatic carbocycles. The standard InChI is InChI=1S/C18H24O5/c1-18(2)9-8-13(17(19)22-5)16(18)14-10-12(21-4)6-7-15(14)23-11-20-3/h6-7,10H,8-9,11H2,1-5H3. The number of methoxy groups -OCH3 is 3. The fraction of sp³-hybridized carbons (Fsp3) is 0.500. The van der Waals surface area contributed by atoms with Crippen LogP contribution in [0.4, 0.5) is 0 Å². The van der Waals surface area contributed by atoms with Gasteiger partial charge in [-0.15, -0.1) is 0 Å². The first kappa shape index (κ1) is 17.3. The highest BCUT2D eigenvalue weighted by molar-refractivity contribution is 6.00. The molecule has 1 aromatic carbocycles. The minimum atomic E-state index is -0.286. The van der Waals surface area contributed by atoms with E-state index in [9.17, 15) is 4.79 Å². The molecule has 0 saturated carbocycles. The average molecular weight is 320 g/mol. The minimum Gasteiger partial charge on any atom is -0.497 e. The smallest absolute Gasteiger partial charge is 0.334 e. The molecule has 23 heavy (non-hydrogen) atoms. The molecular formula is C18H24O5. The molecule has 0 fully saturated rings. The van der Waals surface area contributed by atoms with Gasteiger partial charge in [0.1, 0.15) is 11.5 Å². The van der Waals surface area contributed by atoms with Gasteiger partial charge in [-0.05, 0) is 42.0 Å². The molecule has 0 heterocycles. The first-order chi connectivity index (χ1) is 10.9. The van der Waals surface area contributed by atoms with Gasteiger partial charge < -0.3 is 18.9 Å². The third kappa shape index (κ3) is 3.50. The van der Waals surface area contributed by atoms with Gasteiger partial charge in [0.25, 0.3) is 0 Å². The van der Waals surface area contributed by atoms with Crippen LogP contribution in [0.5, 0.6) is 11.5 Å². The fourth-order valence-electron chi connectivity index (χ4n) is 3.03. The van der Waals surface area contributed by atoms with E-state index < -0.39 is 0 Å². The van der Waals surface area contributed by atoms with Crippen LogP contribution >= 0.6 is 0 Å². The zero-order valence-electron chi connectivity index (χ0n) is 14.4. The van der Waals surface area contributed by atoms with Crippen LogP contribution in [0.25, 0.3) is 5.57 Å². The highest BCUT2D eigenvalue weighted by Crippen LogP contribution is 2.51. The number of rotatable bonds is 6. The Morgan fingerprint density at radius 1 is 1.22 bits per heavy atom. The lowest BCUT2D eigenvalue weighted by Crippen LogP contribution is -2.13. The summed E-state index contributed by atoms with van der Waals surface area (Å²) < 4.78 is 21.0. The summed E-state index contributed by atoms with van der Waals surface area (Å²) in [6.07, 6.45) is 1.57. The molecule has 1 aromatic rings. The maximum Gasteiger partial charge on any atom is 0.334 e. The number of ether oxygens (including phenoxy) is 4. The van der Waals surface area contributed by atoms with Crippen LogP contribution in [0.1, 0.15) is 32.3 Å². The van der Waals surface area contributed by atoms with Crippen molar-refractivity contribution >= 4 is 11.5 Å². The maximum absolute atomic E-state index is 12.2. The quantitative estimate of drug-likeness (QED) is 0.594. The molecule has 0 amide bonds. The Morgan fingerprint density at radius 3 is 2.57 bits per heavy atom. The molecule has 0 saturated heterocycles. The van der Waals surface area contributed by atoms with Crippen LogP contribution in [-0.4, -0.2) is 34.1 Å². The molecule has 0 unspecified atom stereocenters. The SMILES string of the molecule is COCOc1ccc(OC)cc1C1=C(C(=O)OC)CCC1(C)C. The average Bonchev–Trinajstić information content (AvgIpc) is 2.87. The predicted molar refractivity (Wildman–Crippen MR) is 87.4 cm³/mol. The summed E-state index contributed by atoms with van der Waals surface area (Å²) in [4.78, 5) is 12.2. The lowest BCUT2D eigenvalue weighted by atomic mass is 9.81. The Balaban J connectivity index is 2.61. The van der Waals surface area contributed by atoms with Crippen molar-refractivity contribution in [2.24, 2.45) is 5.41 Å². The summed E-state index contributed by atoms with van der Waals surface area (Å²) in [6, 6.07) is 5.56. The Kier molecular flexibility index (Phi) is 5.31. The van der Waals surface area contributed by atoms with Crippen LogP contribution in [0.2, 0.25) is 0 Å². The van der Waals surface area contributed by atoms with E-state index in [2.05, 4.69) is 13.8 Å². The van der Waals surface area contributed by atoms with Crippen LogP contribution in [0, 0.1) is 5.41 Å². The van der Waals surface area contributed by atoms with Gasteiger partial charge >= 0.3 is 5.97 Å². The van der Waals surface area contributed by atoms with Gasteiger partial charge in [0, 0.05) is 18.2 Å². The van der Waals surface area contributed by atoms with E-state index >= 15 is 0 Å². The van der Waals surface area contributed by atoms with Crippen molar-refractivity contribution < 1.29 is 23.7 Å². The number of hydrogen-bond acceptors (Lipinski definition) is 5. The zero-order chi connectivity index (χ0) is 17.0. The molecule has 0 aliphatic heterocycles. The predicted octanol–water partition coefficient (Wildman–Crippen LogP) is 3.42. The third-order valence-electron chi connectivity index (χ3n) is 4.20. The molecule has 0 spiro atoms. The van der Waals surface area contributed by atoms with Gasteiger partial charge in [0.05, 0.1) is 14.2 Å². The highest BCUT2D eigenvalue weighted by atomic mass is 16.7. The number of benzene rings is 1. The van der Waals surface area contributed by atoms with Crippen LogP contribution in [0.15, 0.2) is 23.8 Å². The van der Waals surface area contributed by atoms with Gasteiger partial charge in [0.2, 0.25) is 0 Å². The Hall–Kier alpha value is -2.01. The van der Waals surface area contributed by atoms with Crippen molar-refractivity contribution in [1.29, 1.82) is 0 Å². The molecule has 1 aliphatic rings. The Labute approximate surface area is 137 Å². The van der Waals surface area contributed by atoms with E-state index in [1.54, 1.807) is 14.2 Å². The summed E-state index contributed by atoms with van der Waals surface area (Å²) in [5.74, 6) is 1.09. The monoisotopic (exact) mass is 320 g/mol. The van der Waals surface area contributed by atoms with E-state index in [1.807, 2.05) is 18.2 Å². The van der Waals surface area contributed by atoms with Gasteiger partial charge in [-0.3, -0.25) is 0 Å². The molecular weight excluding hydrogens is 296 g/mol. The number of hydrogen-bond donors (Lipinski definition) is 0. The number of esters is 1. The largest absolute Gasteiger partial charge is 0.497 e. The topological polar surface area (TPSA) is 54.0 Å². The third-order valence-corrected chi connectivity index (χ3v) is 4.20. The first-order valence-corrected chi connectivity index (χ1v) is 7.56. The highest BCUT2D eigenvalue weighted by Gasteiger charge is 2.38. The molecule has 5 nitrogen and oxygen atoms in total. The van der Waals surface area contributed by atoms with Crippen LogP contribution in [-0.2, 0) is 14.3 Å². The van der Waals surface area contributed by atoms with Crippen molar-refractivity contribution in [1.82, 2.24) is 0 Å². The van der Waals surface area contributed by atoms with Crippen molar-refractivity contribution in [2.75, 3.05) is 28.1 Å². The van der Waals surface area contributed by atoms with Crippen molar-refractivity contribution in [2.45, 2.75) is 26.7 Å². The van der Waals surface area contributed by atoms with E-state index in [-0.39, 0.29) is 18.2 Å². The molecule has 0 atom stereocenters. The normalized spacial score (nSPS) is 16.4. The fourth-order valence-corrected chi connectivity index (χ4v) is 3.03. The molecule has 5 heteroatoms. The van der Waals surface area contributed by atoms with Gasteiger partial charge in [-0.25, -0.2) is 4.79 Å². The van der Waals surface area contributed by atoms with Crippen molar-refractivity contribution in [3.05, 3.63) is 29.3 Å². The first-order valence-electron chi connectivity index (χ1n) is 7.56. The van der Waals surface area contributed by atoms with Crippen molar-refractivity contribution in [3.8, 4) is 11.5 Å². The second kappa shape index (κ2) is 7.04. The summed E-state index contributed by atoms with van der Waals surface area (Å²) >= 11 is 0. The number of carbonyl (C=O) groups is 1. The Bertz CT molecular complexity index is 616. The van der Waals surface area contributed by atoms with Crippen LogP contribution in [0.3, 0.4) is 0 Å². The molecule has 2 rings (SSSR count). The number of carbonyl (C=O) groups excluding carboxylic acids is 1. The van der Waals surface area contributed by atoms with E-state index in [0.29, 0.717) is 23.5 Å². The number of allylic oxidation sites excluding steroid dienone is 1. The molecule has 0 N–H and O–H groups in total. The summed E-state index contributed by atoms with van der Waals surface area (Å²) in [5, 5.41) is 0. The Morgan fingerprint density at radius 2 is 1.96 bits per heavy atom. The second-order valence-electron chi connectivity index (χ2n) is 6.14. The van der Waals surface area contributed by atoms with E-state index in [4.69, 9.17) is 18.9 Å². The molecule has 126 valence electrons. The van der Waals surface area contributed by atoms with E-state index in [1.165, 1.54) is 7.11 Å². The second-order valence-corrected chi connectivity index (χ2v) is 6.14. The molecule has 0 bridgehead atoms. The minimum absolute atomic E-state index is 0.139. The molecule has 0 radical (unpaired) electrons. The van der Waals surface area contributed by atoms with Gasteiger partial charge in [0.15, 0.2) is 6.79 Å². The maximum atomic E-state index is 12.2. The lowest BCUT2D eigenvalue weighted by molar-refractivity contribution is -0.136. The zero-order valence-corrected chi connectivity index (χ0v) is 14.4. The summed E-state index contributed by atoms with van der Waals surface area (Å²) in [7, 11) is 4.60.